The van der Waals surface area contributed by atoms with Gasteiger partial charge in [-0.05, 0) is 88.1 Å². The van der Waals surface area contributed by atoms with E-state index >= 15 is 0 Å². The number of carbonyl (C=O) groups is 2. The summed E-state index contributed by atoms with van der Waals surface area (Å²) in [6.07, 6.45) is 12.0. The first-order valence-corrected chi connectivity index (χ1v) is 26.9. The molecule has 2 aromatic carbocycles. The molecule has 4 aliphatic rings. The summed E-state index contributed by atoms with van der Waals surface area (Å²) >= 11 is 6.51. The van der Waals surface area contributed by atoms with Crippen molar-refractivity contribution in [3.63, 3.8) is 0 Å². The number of ether oxygens (including phenoxy) is 1. The minimum atomic E-state index is -3.46. The van der Waals surface area contributed by atoms with E-state index in [0.29, 0.717) is 68.7 Å². The van der Waals surface area contributed by atoms with Crippen molar-refractivity contribution >= 4 is 61.0 Å². The number of nitrogens with zero attached hydrogens (tertiary/aromatic N) is 9. The van der Waals surface area contributed by atoms with Gasteiger partial charge in [-0.25, -0.2) is 26.4 Å². The summed E-state index contributed by atoms with van der Waals surface area (Å²) in [6.45, 7) is 13.1. The second-order valence-corrected chi connectivity index (χ2v) is 22.5. The van der Waals surface area contributed by atoms with Gasteiger partial charge in [-0.15, -0.1) is 10.2 Å². The molecule has 67 heavy (non-hydrogen) atoms. The van der Waals surface area contributed by atoms with Gasteiger partial charge >= 0.3 is 12.1 Å². The van der Waals surface area contributed by atoms with Crippen molar-refractivity contribution in [1.29, 1.82) is 0 Å². The minimum absolute atomic E-state index is 0.0980. The number of piperazine rings is 1. The number of amides is 2. The molecule has 3 aliphatic heterocycles. The van der Waals surface area contributed by atoms with Crippen molar-refractivity contribution in [2.75, 3.05) is 85.8 Å². The molecule has 1 saturated carbocycles. The molecule has 4 aromatic rings. The first-order chi connectivity index (χ1) is 31.7. The van der Waals surface area contributed by atoms with Crippen molar-refractivity contribution in [3.05, 3.63) is 82.6 Å². The predicted octanol–water partition coefficient (Wildman–Crippen LogP) is 5.10. The molecular weight excluding hydrogens is 922 g/mol. The molecule has 2 amide bonds. The van der Waals surface area contributed by atoms with Crippen LogP contribution in [-0.2, 0) is 33.1 Å². The summed E-state index contributed by atoms with van der Waals surface area (Å²) in [5, 5.41) is 18.4. The molecule has 19 nitrogen and oxygen atoms in total. The van der Waals surface area contributed by atoms with E-state index in [9.17, 15) is 31.5 Å². The number of aliphatic hydroxyl groups is 1. The Bertz CT molecular complexity index is 2580. The molecule has 5 heterocycles. The molecule has 1 aliphatic carbocycles. The lowest BCUT2D eigenvalue weighted by molar-refractivity contribution is 0.0284. The van der Waals surface area contributed by atoms with Crippen molar-refractivity contribution in [1.82, 2.24) is 39.2 Å². The molecule has 2 aromatic heterocycles. The maximum absolute atomic E-state index is 12.9. The number of sulfonamides is 2. The Hall–Kier alpha value is -4.93. The largest absolute Gasteiger partial charge is 0.489 e. The standard InChI is InChI=1S/C25H36N6O3S.C20H28ClN5O5S/c1-19-5-6-20(23(17-19)28-12-3-4-13-28)18-30(21-7-8-21)22-9-14-29(15-10-22)25(32)31-16-11-24(26-31)27-35(2,33)34;1-20(2,28)14-31-16-6-4-5-15(18(16)21)13-24-9-11-25(12-10-24)19(27)26-8-7-17(22-26)23-32(3,29)30/h5-6,11,16-17,21-22H,3-4,7-10,12-15,18H2,1-2H3,(H,26,27);4-8,28H,9-14H2,1-3H3,(H,22,23). The fourth-order valence-electron chi connectivity index (χ4n) is 8.63. The van der Waals surface area contributed by atoms with Crippen molar-refractivity contribution < 1.29 is 36.3 Å². The first kappa shape index (κ1) is 50.0. The number of nitrogens with one attached hydrogen (secondary N) is 2. The number of rotatable bonds is 14. The van der Waals surface area contributed by atoms with Gasteiger partial charge in [-0.3, -0.25) is 19.2 Å². The topological polar surface area (TPSA) is 208 Å². The number of aromatic nitrogens is 4. The summed E-state index contributed by atoms with van der Waals surface area (Å²) in [5.41, 5.74) is 4.08. The van der Waals surface area contributed by atoms with E-state index < -0.39 is 25.6 Å². The average Bonchev–Trinajstić information content (AvgIpc) is 3.56. The molecule has 0 unspecified atom stereocenters. The zero-order valence-electron chi connectivity index (χ0n) is 39.0. The molecule has 0 bridgehead atoms. The zero-order chi connectivity index (χ0) is 48.1. The van der Waals surface area contributed by atoms with Crippen LogP contribution in [0.5, 0.6) is 5.75 Å². The average molecular weight is 987 g/mol. The number of carbonyl (C=O) groups excluding carboxylic acids is 2. The number of likely N-dealkylation sites (tertiary alicyclic amines) is 1. The van der Waals surface area contributed by atoms with Gasteiger partial charge in [0, 0.05) is 108 Å². The van der Waals surface area contributed by atoms with Crippen molar-refractivity contribution in [2.24, 2.45) is 0 Å². The summed E-state index contributed by atoms with van der Waals surface area (Å²) in [7, 11) is -6.89. The second kappa shape index (κ2) is 21.2. The van der Waals surface area contributed by atoms with Gasteiger partial charge in [0.05, 0.1) is 23.1 Å². The number of hydrogen-bond donors (Lipinski definition) is 3. The Morgan fingerprint density at radius 3 is 1.87 bits per heavy atom. The molecule has 3 saturated heterocycles. The third-order valence-corrected chi connectivity index (χ3v) is 13.7. The maximum Gasteiger partial charge on any atom is 0.344 e. The highest BCUT2D eigenvalue weighted by Gasteiger charge is 2.37. The van der Waals surface area contributed by atoms with Crippen LogP contribution in [0.4, 0.5) is 26.9 Å². The lowest BCUT2D eigenvalue weighted by Gasteiger charge is -2.39. The van der Waals surface area contributed by atoms with E-state index in [2.05, 4.69) is 59.5 Å². The maximum atomic E-state index is 12.9. The lowest BCUT2D eigenvalue weighted by Crippen LogP contribution is -2.49. The summed E-state index contributed by atoms with van der Waals surface area (Å²) in [6, 6.07) is 16.0. The van der Waals surface area contributed by atoms with Crippen molar-refractivity contribution in [3.8, 4) is 5.75 Å². The van der Waals surface area contributed by atoms with Crippen LogP contribution in [0.15, 0.2) is 60.9 Å². The van der Waals surface area contributed by atoms with Crippen LogP contribution in [0, 0.1) is 6.92 Å². The molecule has 0 radical (unpaired) electrons. The Morgan fingerprint density at radius 1 is 0.776 bits per heavy atom. The molecular formula is C45H64ClN11O8S2. The first-order valence-electron chi connectivity index (χ1n) is 22.8. The third-order valence-electron chi connectivity index (χ3n) is 12.1. The predicted molar refractivity (Wildman–Crippen MR) is 259 cm³/mol. The number of anilines is 3. The van der Waals surface area contributed by atoms with Gasteiger partial charge in [0.1, 0.15) is 12.4 Å². The number of halogens is 1. The smallest absolute Gasteiger partial charge is 0.344 e. The fraction of sp³-hybridized carbons (Fsp3) is 0.556. The Balaban J connectivity index is 0.000000200. The highest BCUT2D eigenvalue weighted by atomic mass is 35.5. The van der Waals surface area contributed by atoms with Crippen LogP contribution in [0.2, 0.25) is 5.02 Å². The van der Waals surface area contributed by atoms with Gasteiger partial charge in [0.25, 0.3) is 0 Å². The summed E-state index contributed by atoms with van der Waals surface area (Å²) < 4.78 is 58.0. The second-order valence-electron chi connectivity index (χ2n) is 18.6. The number of aryl methyl sites for hydroxylation is 1. The highest BCUT2D eigenvalue weighted by molar-refractivity contribution is 7.92. The Kier molecular flexibility index (Phi) is 15.8. The SMILES string of the molecule is CC(C)(O)COc1cccc(CN2CCN(C(=O)n3ccc(NS(C)(=O)=O)n3)CC2)c1Cl.Cc1ccc(CN(C2CC2)C2CCN(C(=O)n3ccc(NS(C)(=O)=O)n3)CC2)c(N2CCCC2)c1. The number of benzene rings is 2. The van der Waals surface area contributed by atoms with Crippen LogP contribution in [0.1, 0.15) is 69.1 Å². The fourth-order valence-corrected chi connectivity index (χ4v) is 9.85. The van der Waals surface area contributed by atoms with Crippen LogP contribution < -0.4 is 19.1 Å². The highest BCUT2D eigenvalue weighted by Crippen LogP contribution is 2.36. The quantitative estimate of drug-likeness (QED) is 0.151. The number of piperidine rings is 1. The van der Waals surface area contributed by atoms with Crippen LogP contribution in [0.25, 0.3) is 0 Å². The molecule has 366 valence electrons. The monoisotopic (exact) mass is 985 g/mol. The molecule has 3 N–H and O–H groups in total. The van der Waals surface area contributed by atoms with E-state index in [1.54, 1.807) is 24.8 Å². The van der Waals surface area contributed by atoms with Gasteiger partial charge in [0.15, 0.2) is 11.6 Å². The van der Waals surface area contributed by atoms with Crippen LogP contribution in [0.3, 0.4) is 0 Å². The van der Waals surface area contributed by atoms with Gasteiger partial charge in [-0.2, -0.15) is 9.36 Å². The van der Waals surface area contributed by atoms with E-state index in [-0.39, 0.29) is 30.3 Å². The Labute approximate surface area is 399 Å². The molecule has 0 spiro atoms. The van der Waals surface area contributed by atoms with E-state index in [4.69, 9.17) is 16.3 Å². The van der Waals surface area contributed by atoms with E-state index in [1.807, 2.05) is 17.0 Å². The molecule has 22 heteroatoms. The van der Waals surface area contributed by atoms with Gasteiger partial charge in [0.2, 0.25) is 20.0 Å². The van der Waals surface area contributed by atoms with Gasteiger partial charge in [-0.1, -0.05) is 35.9 Å². The summed E-state index contributed by atoms with van der Waals surface area (Å²) in [4.78, 5) is 36.5. The van der Waals surface area contributed by atoms with Crippen molar-refractivity contribution in [2.45, 2.75) is 90.1 Å². The summed E-state index contributed by atoms with van der Waals surface area (Å²) in [5.74, 6) is 0.778. The van der Waals surface area contributed by atoms with E-state index in [0.717, 1.165) is 55.2 Å². The zero-order valence-corrected chi connectivity index (χ0v) is 41.4. The van der Waals surface area contributed by atoms with Crippen LogP contribution >= 0.6 is 11.6 Å². The lowest BCUT2D eigenvalue weighted by atomic mass is 10.0. The van der Waals surface area contributed by atoms with E-state index in [1.165, 1.54) is 71.7 Å². The molecule has 0 atom stereocenters. The number of hydrogen-bond acceptors (Lipinski definition) is 13. The Morgan fingerprint density at radius 2 is 1.33 bits per heavy atom. The molecule has 4 fully saturated rings. The minimum Gasteiger partial charge on any atom is -0.489 e. The van der Waals surface area contributed by atoms with Crippen LogP contribution in [-0.4, -0.2) is 162 Å². The molecule has 8 rings (SSSR count). The van der Waals surface area contributed by atoms with Gasteiger partial charge < -0.3 is 24.5 Å². The normalized spacial score (nSPS) is 17.6. The third kappa shape index (κ3) is 14.3.